The predicted molar refractivity (Wildman–Crippen MR) is 138 cm³/mol. The molecule has 1 saturated carbocycles. The van der Waals surface area contributed by atoms with Gasteiger partial charge >= 0.3 is 5.97 Å². The number of carbonyl (C=O) groups is 1. The Kier molecular flexibility index (Phi) is 7.12. The average molecular weight is 559 g/mol. The number of sulfonamides is 1. The summed E-state index contributed by atoms with van der Waals surface area (Å²) in [5, 5.41) is 12.0. The lowest BCUT2D eigenvalue weighted by molar-refractivity contribution is 0.0520. The summed E-state index contributed by atoms with van der Waals surface area (Å²) in [5.74, 6) is -1.50. The summed E-state index contributed by atoms with van der Waals surface area (Å²) >= 11 is 1.23. The number of esters is 1. The highest BCUT2D eigenvalue weighted by Gasteiger charge is 2.29. The van der Waals surface area contributed by atoms with E-state index in [2.05, 4.69) is 4.98 Å². The molecule has 0 bridgehead atoms. The first-order valence-electron chi connectivity index (χ1n) is 11.9. The zero-order valence-corrected chi connectivity index (χ0v) is 22.0. The van der Waals surface area contributed by atoms with Gasteiger partial charge in [-0.05, 0) is 61.9 Å². The standard InChI is InChI=1S/C26H24F2N4O4S2/c1-2-36-25(33)21-14-37-26(30-21)32-22(12-15-6-7-15)19(24(31-32)17-4-3-5-18(27)13-17)10-16-8-9-23(20(28)11-16)38(29,34)35/h3-5,8-9,11,13-15H,2,6-7,10,12H2,1H3,(H2,29,34,35). The van der Waals surface area contributed by atoms with Crippen LogP contribution in [0.15, 0.2) is 52.7 Å². The second kappa shape index (κ2) is 10.4. The summed E-state index contributed by atoms with van der Waals surface area (Å²) in [4.78, 5) is 16.1. The van der Waals surface area contributed by atoms with Crippen LogP contribution in [0.2, 0.25) is 0 Å². The van der Waals surface area contributed by atoms with Crippen LogP contribution in [0.3, 0.4) is 0 Å². The summed E-state index contributed by atoms with van der Waals surface area (Å²) in [5.41, 5.74) is 3.22. The van der Waals surface area contributed by atoms with E-state index in [0.717, 1.165) is 36.2 Å². The molecule has 2 N–H and O–H groups in total. The van der Waals surface area contributed by atoms with Crippen molar-refractivity contribution in [2.75, 3.05) is 6.61 Å². The van der Waals surface area contributed by atoms with Gasteiger partial charge in [-0.15, -0.1) is 11.3 Å². The van der Waals surface area contributed by atoms with Gasteiger partial charge in [0.2, 0.25) is 15.2 Å². The van der Waals surface area contributed by atoms with Gasteiger partial charge in [0.15, 0.2) is 5.69 Å². The smallest absolute Gasteiger partial charge is 0.357 e. The van der Waals surface area contributed by atoms with Gasteiger partial charge in [-0.3, -0.25) is 0 Å². The van der Waals surface area contributed by atoms with E-state index in [1.165, 1.54) is 29.5 Å². The van der Waals surface area contributed by atoms with Gasteiger partial charge in [0.25, 0.3) is 0 Å². The molecule has 1 aliphatic rings. The quantitative estimate of drug-likeness (QED) is 0.299. The van der Waals surface area contributed by atoms with Crippen LogP contribution in [-0.2, 0) is 27.6 Å². The van der Waals surface area contributed by atoms with Crippen LogP contribution in [0.5, 0.6) is 0 Å². The zero-order chi connectivity index (χ0) is 27.0. The molecular weight excluding hydrogens is 534 g/mol. The van der Waals surface area contributed by atoms with Crippen LogP contribution in [0.1, 0.15) is 47.1 Å². The summed E-state index contributed by atoms with van der Waals surface area (Å²) in [6, 6.07) is 9.79. The third kappa shape index (κ3) is 5.52. The molecule has 0 radical (unpaired) electrons. The molecule has 0 unspecified atom stereocenters. The Bertz CT molecular complexity index is 1630. The molecule has 0 amide bonds. The number of nitrogens with zero attached hydrogens (tertiary/aromatic N) is 3. The highest BCUT2D eigenvalue weighted by molar-refractivity contribution is 7.89. The van der Waals surface area contributed by atoms with Crippen LogP contribution in [-0.4, -0.2) is 35.8 Å². The van der Waals surface area contributed by atoms with Crippen LogP contribution in [0.25, 0.3) is 16.4 Å². The van der Waals surface area contributed by atoms with Crippen molar-refractivity contribution in [2.24, 2.45) is 11.1 Å². The van der Waals surface area contributed by atoms with Gasteiger partial charge in [-0.25, -0.2) is 36.8 Å². The minimum absolute atomic E-state index is 0.161. The Morgan fingerprint density at radius 2 is 2.00 bits per heavy atom. The largest absolute Gasteiger partial charge is 0.461 e. The molecule has 5 rings (SSSR count). The van der Waals surface area contributed by atoms with Crippen molar-refractivity contribution in [1.29, 1.82) is 0 Å². The first-order chi connectivity index (χ1) is 18.1. The van der Waals surface area contributed by atoms with Crippen molar-refractivity contribution in [3.8, 4) is 16.4 Å². The topological polar surface area (TPSA) is 117 Å². The van der Waals surface area contributed by atoms with E-state index >= 15 is 0 Å². The number of rotatable bonds is 9. The summed E-state index contributed by atoms with van der Waals surface area (Å²) in [7, 11) is -4.21. The molecule has 2 aromatic carbocycles. The van der Waals surface area contributed by atoms with E-state index in [1.807, 2.05) is 0 Å². The van der Waals surface area contributed by atoms with E-state index in [0.29, 0.717) is 34.3 Å². The Balaban J connectivity index is 1.65. The van der Waals surface area contributed by atoms with E-state index in [-0.39, 0.29) is 18.7 Å². The summed E-state index contributed by atoms with van der Waals surface area (Å²) in [6.45, 7) is 1.93. The maximum atomic E-state index is 14.7. The lowest BCUT2D eigenvalue weighted by atomic mass is 9.97. The number of benzene rings is 2. The highest BCUT2D eigenvalue weighted by Crippen LogP contribution is 2.38. The fourth-order valence-corrected chi connectivity index (χ4v) is 5.61. The van der Waals surface area contributed by atoms with Gasteiger partial charge in [-0.2, -0.15) is 5.10 Å². The predicted octanol–water partition coefficient (Wildman–Crippen LogP) is 4.64. The van der Waals surface area contributed by atoms with Gasteiger partial charge in [0.1, 0.15) is 16.5 Å². The number of ether oxygens (including phenoxy) is 1. The normalized spacial score (nSPS) is 13.6. The molecule has 12 heteroatoms. The van der Waals surface area contributed by atoms with E-state index in [4.69, 9.17) is 15.0 Å². The van der Waals surface area contributed by atoms with Crippen molar-refractivity contribution >= 4 is 27.3 Å². The third-order valence-electron chi connectivity index (χ3n) is 6.21. The number of thiazole rings is 1. The summed E-state index contributed by atoms with van der Waals surface area (Å²) < 4.78 is 59.0. The van der Waals surface area contributed by atoms with Gasteiger partial charge in [-0.1, -0.05) is 18.2 Å². The average Bonchev–Trinajstić information content (AvgIpc) is 3.41. The van der Waals surface area contributed by atoms with E-state index in [9.17, 15) is 22.0 Å². The molecule has 0 atom stereocenters. The van der Waals surface area contributed by atoms with E-state index < -0.39 is 32.5 Å². The molecule has 4 aromatic rings. The summed E-state index contributed by atoms with van der Waals surface area (Å²) in [6.07, 6.45) is 2.95. The highest BCUT2D eigenvalue weighted by atomic mass is 32.2. The molecule has 1 aliphatic carbocycles. The number of carbonyl (C=O) groups excluding carboxylic acids is 1. The van der Waals surface area contributed by atoms with Crippen LogP contribution in [0, 0.1) is 17.6 Å². The minimum atomic E-state index is -4.21. The maximum absolute atomic E-state index is 14.7. The second-order valence-electron chi connectivity index (χ2n) is 9.07. The third-order valence-corrected chi connectivity index (χ3v) is 7.97. The van der Waals surface area contributed by atoms with Gasteiger partial charge in [0, 0.05) is 22.9 Å². The van der Waals surface area contributed by atoms with Crippen LogP contribution < -0.4 is 5.14 Å². The molecule has 0 spiro atoms. The van der Waals surface area contributed by atoms with Crippen molar-refractivity contribution < 1.29 is 26.7 Å². The van der Waals surface area contributed by atoms with Crippen LogP contribution >= 0.6 is 11.3 Å². The number of halogens is 2. The Morgan fingerprint density at radius 3 is 2.66 bits per heavy atom. The van der Waals surface area contributed by atoms with Crippen molar-refractivity contribution in [3.63, 3.8) is 0 Å². The van der Waals surface area contributed by atoms with Gasteiger partial charge < -0.3 is 4.74 Å². The molecule has 8 nitrogen and oxygen atoms in total. The molecule has 198 valence electrons. The molecule has 38 heavy (non-hydrogen) atoms. The Labute approximate surface area is 222 Å². The fraction of sp³-hybridized carbons (Fsp3) is 0.269. The van der Waals surface area contributed by atoms with Crippen molar-refractivity contribution in [2.45, 2.75) is 37.5 Å². The Hall–Kier alpha value is -3.48. The number of primary sulfonamides is 1. The van der Waals surface area contributed by atoms with E-state index in [1.54, 1.807) is 29.1 Å². The molecule has 0 aliphatic heterocycles. The van der Waals surface area contributed by atoms with Crippen LogP contribution in [0.4, 0.5) is 8.78 Å². The first-order valence-corrected chi connectivity index (χ1v) is 14.4. The van der Waals surface area contributed by atoms with Crippen molar-refractivity contribution in [1.82, 2.24) is 14.8 Å². The number of hydrogen-bond acceptors (Lipinski definition) is 7. The maximum Gasteiger partial charge on any atom is 0.357 e. The monoisotopic (exact) mass is 558 g/mol. The molecule has 1 fully saturated rings. The fourth-order valence-electron chi connectivity index (χ4n) is 4.25. The Morgan fingerprint density at radius 1 is 1.21 bits per heavy atom. The molecule has 2 heterocycles. The molecular formula is C26H24F2N4O4S2. The van der Waals surface area contributed by atoms with Crippen molar-refractivity contribution in [3.05, 3.63) is 82.0 Å². The zero-order valence-electron chi connectivity index (χ0n) is 20.4. The first kappa shape index (κ1) is 26.1. The number of hydrogen-bond donors (Lipinski definition) is 1. The number of nitrogens with two attached hydrogens (primary N) is 1. The second-order valence-corrected chi connectivity index (χ2v) is 11.4. The molecule has 2 aromatic heterocycles. The van der Waals surface area contributed by atoms with Gasteiger partial charge in [0.05, 0.1) is 18.0 Å². The lowest BCUT2D eigenvalue weighted by Gasteiger charge is -2.10. The lowest BCUT2D eigenvalue weighted by Crippen LogP contribution is -2.14. The molecule has 0 saturated heterocycles. The SMILES string of the molecule is CCOC(=O)c1csc(-n2nc(-c3cccc(F)c3)c(Cc3ccc(S(N)(=O)=O)c(F)c3)c2CC2CC2)n1. The minimum Gasteiger partial charge on any atom is -0.461 e. The number of aromatic nitrogens is 3.